The van der Waals surface area contributed by atoms with E-state index in [2.05, 4.69) is 5.32 Å². The second kappa shape index (κ2) is 9.09. The molecule has 2 N–H and O–H groups in total. The van der Waals surface area contributed by atoms with Crippen LogP contribution in [0.5, 0.6) is 11.5 Å². The molecule has 1 amide bonds. The molecule has 0 spiro atoms. The van der Waals surface area contributed by atoms with Crippen molar-refractivity contribution >= 4 is 57.9 Å². The molecule has 0 saturated carbocycles. The van der Waals surface area contributed by atoms with Gasteiger partial charge >= 0.3 is 5.97 Å². The first kappa shape index (κ1) is 20.2. The molecular formula is C19H14ClNO5S2. The monoisotopic (exact) mass is 435 g/mol. The summed E-state index contributed by atoms with van der Waals surface area (Å²) in [5.41, 5.74) is 0.954. The third-order valence-corrected chi connectivity index (χ3v) is 5.07. The molecule has 1 aliphatic heterocycles. The Morgan fingerprint density at radius 2 is 1.89 bits per heavy atom. The molecule has 0 aromatic heterocycles. The van der Waals surface area contributed by atoms with Crippen LogP contribution in [0.15, 0.2) is 47.4 Å². The molecule has 6 nitrogen and oxygen atoms in total. The van der Waals surface area contributed by atoms with E-state index in [4.69, 9.17) is 38.4 Å². The molecule has 3 rings (SSSR count). The number of thiocarbonyl (C=S) groups is 1. The maximum Gasteiger partial charge on any atom is 0.335 e. The highest BCUT2D eigenvalue weighted by Gasteiger charge is 2.21. The first-order valence-corrected chi connectivity index (χ1v) is 9.66. The van der Waals surface area contributed by atoms with E-state index in [1.165, 1.54) is 30.0 Å². The Labute approximate surface area is 175 Å². The van der Waals surface area contributed by atoms with E-state index in [-0.39, 0.29) is 29.7 Å². The fraction of sp³-hybridized carbons (Fsp3) is 0.105. The lowest BCUT2D eigenvalue weighted by molar-refractivity contribution is -0.115. The van der Waals surface area contributed by atoms with E-state index in [1.54, 1.807) is 18.2 Å². The van der Waals surface area contributed by atoms with Crippen LogP contribution in [0.3, 0.4) is 0 Å². The number of rotatable bonds is 7. The first-order valence-electron chi connectivity index (χ1n) is 8.06. The lowest BCUT2D eigenvalue weighted by atomic mass is 10.2. The van der Waals surface area contributed by atoms with Gasteiger partial charge in [0.2, 0.25) is 0 Å². The average molecular weight is 436 g/mol. The normalized spacial score (nSPS) is 14.8. The van der Waals surface area contributed by atoms with Gasteiger partial charge in [-0.25, -0.2) is 4.79 Å². The van der Waals surface area contributed by atoms with Gasteiger partial charge in [-0.1, -0.05) is 47.7 Å². The quantitative estimate of drug-likeness (QED) is 0.386. The fourth-order valence-electron chi connectivity index (χ4n) is 2.29. The number of carboxylic acids is 1. The number of hydrogen-bond acceptors (Lipinski definition) is 6. The summed E-state index contributed by atoms with van der Waals surface area (Å²) in [7, 11) is 0. The van der Waals surface area contributed by atoms with Crippen molar-refractivity contribution in [2.45, 2.75) is 0 Å². The van der Waals surface area contributed by atoms with Crippen LogP contribution in [0.4, 0.5) is 0 Å². The maximum atomic E-state index is 11.7. The highest BCUT2D eigenvalue weighted by molar-refractivity contribution is 8.26. The van der Waals surface area contributed by atoms with Crippen molar-refractivity contribution in [2.24, 2.45) is 0 Å². The van der Waals surface area contributed by atoms with Crippen LogP contribution in [0.25, 0.3) is 6.08 Å². The van der Waals surface area contributed by atoms with Crippen LogP contribution >= 0.6 is 35.6 Å². The third-order valence-electron chi connectivity index (χ3n) is 3.61. The van der Waals surface area contributed by atoms with Crippen molar-refractivity contribution in [3.8, 4) is 11.5 Å². The Morgan fingerprint density at radius 1 is 1.18 bits per heavy atom. The van der Waals surface area contributed by atoms with Gasteiger partial charge in [-0.2, -0.15) is 0 Å². The molecule has 0 radical (unpaired) electrons. The van der Waals surface area contributed by atoms with Gasteiger partial charge in [0.15, 0.2) is 0 Å². The first-order chi connectivity index (χ1) is 13.4. The number of carboxylic acid groups (broad SMARTS) is 1. The smallest absolute Gasteiger partial charge is 0.335 e. The van der Waals surface area contributed by atoms with Gasteiger partial charge in [-0.15, -0.1) is 0 Å². The number of ether oxygens (including phenoxy) is 2. The van der Waals surface area contributed by atoms with Crippen LogP contribution in [-0.4, -0.2) is 34.5 Å². The van der Waals surface area contributed by atoms with Crippen molar-refractivity contribution in [1.29, 1.82) is 0 Å². The number of hydrogen-bond donors (Lipinski definition) is 2. The maximum absolute atomic E-state index is 11.7. The molecular weight excluding hydrogens is 422 g/mol. The molecule has 0 bridgehead atoms. The van der Waals surface area contributed by atoms with Crippen molar-refractivity contribution in [1.82, 2.24) is 5.32 Å². The number of nitrogens with one attached hydrogen (secondary N) is 1. The Kier molecular flexibility index (Phi) is 6.56. The summed E-state index contributed by atoms with van der Waals surface area (Å²) in [6.45, 7) is 0.524. The van der Waals surface area contributed by atoms with E-state index in [0.29, 0.717) is 20.7 Å². The summed E-state index contributed by atoms with van der Waals surface area (Å²) >= 11 is 12.2. The van der Waals surface area contributed by atoms with Gasteiger partial charge in [0.1, 0.15) is 29.0 Å². The second-order valence-corrected chi connectivity index (χ2v) is 7.69. The van der Waals surface area contributed by atoms with Crippen LogP contribution < -0.4 is 14.8 Å². The van der Waals surface area contributed by atoms with E-state index in [0.717, 1.165) is 5.56 Å². The average Bonchev–Trinajstić information content (AvgIpc) is 2.98. The summed E-state index contributed by atoms with van der Waals surface area (Å²) in [6.07, 6.45) is 1.76. The van der Waals surface area contributed by atoms with Crippen LogP contribution in [0.2, 0.25) is 5.02 Å². The molecule has 1 saturated heterocycles. The molecule has 1 heterocycles. The number of carbonyl (C=O) groups is 2. The SMILES string of the molecule is O=C1NC(=S)SC1=Cc1ccc(OCCOc2ccc(C(=O)O)cc2Cl)cc1. The van der Waals surface area contributed by atoms with Gasteiger partial charge in [0.25, 0.3) is 5.91 Å². The van der Waals surface area contributed by atoms with Crippen molar-refractivity contribution in [3.63, 3.8) is 0 Å². The molecule has 2 aromatic carbocycles. The van der Waals surface area contributed by atoms with Crippen molar-refractivity contribution < 1.29 is 24.2 Å². The molecule has 9 heteroatoms. The van der Waals surface area contributed by atoms with Gasteiger partial charge in [-0.3, -0.25) is 4.79 Å². The largest absolute Gasteiger partial charge is 0.490 e. The van der Waals surface area contributed by atoms with Gasteiger partial charge in [-0.05, 0) is 42.0 Å². The zero-order valence-corrected chi connectivity index (χ0v) is 16.7. The Balaban J connectivity index is 1.49. The molecule has 1 fully saturated rings. The van der Waals surface area contributed by atoms with Crippen molar-refractivity contribution in [3.05, 3.63) is 63.5 Å². The second-order valence-electron chi connectivity index (χ2n) is 5.57. The van der Waals surface area contributed by atoms with Crippen LogP contribution in [0.1, 0.15) is 15.9 Å². The standard InChI is InChI=1S/C19H14ClNO5S2/c20-14-10-12(18(23)24)3-6-15(14)26-8-7-25-13-4-1-11(2-5-13)9-16-17(22)21-19(27)28-16/h1-6,9-10H,7-8H2,(H,23,24)(H,21,22,27). The Bertz CT molecular complexity index is 959. The van der Waals surface area contributed by atoms with Gasteiger partial charge < -0.3 is 19.9 Å². The predicted molar refractivity (Wildman–Crippen MR) is 112 cm³/mol. The molecule has 1 aliphatic rings. The number of amides is 1. The topological polar surface area (TPSA) is 84.9 Å². The number of halogens is 1. The fourth-order valence-corrected chi connectivity index (χ4v) is 3.57. The minimum atomic E-state index is -1.05. The highest BCUT2D eigenvalue weighted by Crippen LogP contribution is 2.27. The summed E-state index contributed by atoms with van der Waals surface area (Å²) in [4.78, 5) is 23.1. The van der Waals surface area contributed by atoms with Crippen LogP contribution in [0, 0.1) is 0 Å². The Hall–Kier alpha value is -2.55. The molecule has 144 valence electrons. The zero-order valence-electron chi connectivity index (χ0n) is 14.3. The lowest BCUT2D eigenvalue weighted by Gasteiger charge is -2.10. The van der Waals surface area contributed by atoms with E-state index in [1.807, 2.05) is 12.1 Å². The number of thioether (sulfide) groups is 1. The zero-order chi connectivity index (χ0) is 20.1. The summed E-state index contributed by atoms with van der Waals surface area (Å²) in [6, 6.07) is 11.5. The minimum absolute atomic E-state index is 0.0963. The molecule has 2 aromatic rings. The highest BCUT2D eigenvalue weighted by atomic mass is 35.5. The van der Waals surface area contributed by atoms with Crippen molar-refractivity contribution in [2.75, 3.05) is 13.2 Å². The van der Waals surface area contributed by atoms with Crippen LogP contribution in [-0.2, 0) is 4.79 Å². The molecule has 28 heavy (non-hydrogen) atoms. The summed E-state index contributed by atoms with van der Waals surface area (Å²) in [5, 5.41) is 11.7. The van der Waals surface area contributed by atoms with Gasteiger partial charge in [0, 0.05) is 0 Å². The minimum Gasteiger partial charge on any atom is -0.490 e. The van der Waals surface area contributed by atoms with E-state index in [9.17, 15) is 9.59 Å². The van der Waals surface area contributed by atoms with Gasteiger partial charge in [0.05, 0.1) is 15.5 Å². The van der Waals surface area contributed by atoms with E-state index >= 15 is 0 Å². The summed E-state index contributed by atoms with van der Waals surface area (Å²) < 4.78 is 11.6. The lowest BCUT2D eigenvalue weighted by Crippen LogP contribution is -2.17. The Morgan fingerprint density at radius 3 is 2.50 bits per heavy atom. The molecule has 0 aliphatic carbocycles. The number of carbonyl (C=O) groups excluding carboxylic acids is 1. The summed E-state index contributed by atoms with van der Waals surface area (Å²) in [5.74, 6) is -0.201. The predicted octanol–water partition coefficient (Wildman–Crippen LogP) is 3.98. The third kappa shape index (κ3) is 5.25. The molecule has 0 atom stereocenters. The number of aromatic carboxylic acids is 1. The van der Waals surface area contributed by atoms with E-state index < -0.39 is 5.97 Å². The molecule has 0 unspecified atom stereocenters. The number of benzene rings is 2.